The van der Waals surface area contributed by atoms with Gasteiger partial charge in [0.1, 0.15) is 18.2 Å². The molecule has 3 aliphatic heterocycles. The van der Waals surface area contributed by atoms with Gasteiger partial charge >= 0.3 is 5.97 Å². The van der Waals surface area contributed by atoms with Gasteiger partial charge in [-0.05, 0) is 109 Å². The molecule has 14 heteroatoms. The average molecular weight is 847 g/mol. The number of Topliss-reactive ketones (excluding diaryl/α,β-unsaturated/α-hetero) is 1. The SMILES string of the molecule is CO[C@H]1C[C@@H](C)C/C(C)=C/[C@@H](CC=C(C)C)/C(=N\O)C[C@H](O)[C@@H](C)[C@@H](/C(C)=C/[C@@H]2CC[C@@H](O)[C@H](OC)C2)OC(=O)[C@@H]2CCCCN2C(=O)C(=O)[C@]2(O)O[C@H]1[C@@H](OC)C[C@H]2C. The number of nitrogens with zero attached hydrogens (tertiary/aromatic N) is 2. The number of amides is 1. The molecule has 0 unspecified atom stereocenters. The lowest BCUT2D eigenvalue weighted by molar-refractivity contribution is -0.302. The first kappa shape index (κ1) is 49.7. The monoisotopic (exact) mass is 847 g/mol. The van der Waals surface area contributed by atoms with Crippen molar-refractivity contribution >= 4 is 23.4 Å². The predicted octanol–water partition coefficient (Wildman–Crippen LogP) is 5.68. The van der Waals surface area contributed by atoms with Crippen LogP contribution in [0.2, 0.25) is 0 Å². The lowest BCUT2D eigenvalue weighted by atomic mass is 9.81. The van der Waals surface area contributed by atoms with Crippen molar-refractivity contribution in [1.82, 2.24) is 4.90 Å². The molecule has 0 aromatic heterocycles. The Morgan fingerprint density at radius 3 is 2.22 bits per heavy atom. The van der Waals surface area contributed by atoms with E-state index in [0.717, 1.165) is 11.1 Å². The van der Waals surface area contributed by atoms with Gasteiger partial charge in [-0.2, -0.15) is 0 Å². The van der Waals surface area contributed by atoms with Gasteiger partial charge in [0.2, 0.25) is 5.79 Å². The van der Waals surface area contributed by atoms with Gasteiger partial charge < -0.3 is 49.1 Å². The largest absolute Gasteiger partial charge is 0.456 e. The maximum atomic E-state index is 14.4. The summed E-state index contributed by atoms with van der Waals surface area (Å²) in [6, 6.07) is -1.14. The molecule has 1 aliphatic carbocycles. The van der Waals surface area contributed by atoms with Crippen LogP contribution in [-0.4, -0.2) is 131 Å². The third-order valence-corrected chi connectivity index (χ3v) is 13.4. The minimum Gasteiger partial charge on any atom is -0.456 e. The molecule has 3 fully saturated rings. The minimum atomic E-state index is -2.51. The van der Waals surface area contributed by atoms with Gasteiger partial charge in [-0.15, -0.1) is 0 Å². The number of hydrogen-bond donors (Lipinski definition) is 4. The highest BCUT2D eigenvalue weighted by atomic mass is 16.7. The zero-order chi connectivity index (χ0) is 44.5. The summed E-state index contributed by atoms with van der Waals surface area (Å²) in [7, 11) is 4.64. The van der Waals surface area contributed by atoms with Crippen LogP contribution in [0.1, 0.15) is 119 Å². The number of methoxy groups -OCH3 is 3. The highest BCUT2D eigenvalue weighted by Crippen LogP contribution is 2.39. The summed E-state index contributed by atoms with van der Waals surface area (Å²) < 4.78 is 30.0. The summed E-state index contributed by atoms with van der Waals surface area (Å²) >= 11 is 0. The highest BCUT2D eigenvalue weighted by Gasteiger charge is 2.56. The molecule has 4 rings (SSSR count). The molecule has 340 valence electrons. The quantitative estimate of drug-likeness (QED) is 0.0807. The zero-order valence-electron chi connectivity index (χ0n) is 37.7. The Kier molecular flexibility index (Phi) is 18.5. The van der Waals surface area contributed by atoms with Crippen LogP contribution < -0.4 is 0 Å². The zero-order valence-corrected chi connectivity index (χ0v) is 37.7. The molecule has 14 atom stereocenters. The Balaban J connectivity index is 1.82. The molecule has 0 spiro atoms. The molecule has 2 bridgehead atoms. The highest BCUT2D eigenvalue weighted by molar-refractivity contribution is 6.39. The molecule has 2 saturated heterocycles. The van der Waals surface area contributed by atoms with E-state index in [9.17, 15) is 34.9 Å². The van der Waals surface area contributed by atoms with Crippen LogP contribution in [0.25, 0.3) is 0 Å². The van der Waals surface area contributed by atoms with Crippen LogP contribution in [0.15, 0.2) is 40.1 Å². The number of piperidine rings is 1. The molecular weight excluding hydrogens is 773 g/mol. The van der Waals surface area contributed by atoms with Crippen molar-refractivity contribution in [3.05, 3.63) is 34.9 Å². The number of ketones is 1. The summed E-state index contributed by atoms with van der Waals surface area (Å²) in [5.74, 6) is -7.32. The number of rotatable bonds is 7. The van der Waals surface area contributed by atoms with Crippen molar-refractivity contribution in [1.29, 1.82) is 0 Å². The Morgan fingerprint density at radius 1 is 0.917 bits per heavy atom. The summed E-state index contributed by atoms with van der Waals surface area (Å²) in [6.45, 7) is 13.4. The normalized spacial score (nSPS) is 40.1. The number of aliphatic hydroxyl groups is 3. The van der Waals surface area contributed by atoms with E-state index in [4.69, 9.17) is 23.7 Å². The molecule has 1 amide bonds. The predicted molar refractivity (Wildman–Crippen MR) is 226 cm³/mol. The lowest BCUT2D eigenvalue weighted by Gasteiger charge is -2.47. The number of carbonyl (C=O) groups is 3. The van der Waals surface area contributed by atoms with Crippen molar-refractivity contribution in [3.63, 3.8) is 0 Å². The van der Waals surface area contributed by atoms with E-state index in [1.807, 2.05) is 33.8 Å². The molecule has 0 aromatic rings. The first-order valence-electron chi connectivity index (χ1n) is 22.0. The van der Waals surface area contributed by atoms with Crippen LogP contribution in [0.4, 0.5) is 0 Å². The first-order chi connectivity index (χ1) is 28.4. The van der Waals surface area contributed by atoms with E-state index in [0.29, 0.717) is 62.7 Å². The maximum Gasteiger partial charge on any atom is 0.329 e. The van der Waals surface area contributed by atoms with Gasteiger partial charge in [0, 0.05) is 52.0 Å². The van der Waals surface area contributed by atoms with E-state index in [1.165, 1.54) is 19.1 Å². The Morgan fingerprint density at radius 2 is 1.58 bits per heavy atom. The third kappa shape index (κ3) is 12.1. The molecule has 4 aliphatic rings. The number of esters is 1. The second-order valence-corrected chi connectivity index (χ2v) is 18.4. The van der Waals surface area contributed by atoms with Crippen molar-refractivity contribution in [3.8, 4) is 0 Å². The van der Waals surface area contributed by atoms with Crippen molar-refractivity contribution < 1.29 is 58.6 Å². The van der Waals surface area contributed by atoms with Gasteiger partial charge in [0.05, 0.1) is 36.2 Å². The second kappa shape index (κ2) is 22.4. The Bertz CT molecular complexity index is 1590. The molecule has 3 heterocycles. The van der Waals surface area contributed by atoms with Crippen LogP contribution in [0.5, 0.6) is 0 Å². The number of hydrogen-bond acceptors (Lipinski definition) is 13. The maximum absolute atomic E-state index is 14.4. The fourth-order valence-electron chi connectivity index (χ4n) is 9.74. The summed E-state index contributed by atoms with van der Waals surface area (Å²) in [6.07, 6.45) is 5.99. The molecule has 4 N–H and O–H groups in total. The van der Waals surface area contributed by atoms with Crippen LogP contribution in [0.3, 0.4) is 0 Å². The fraction of sp³-hybridized carbons (Fsp3) is 0.783. The molecule has 14 nitrogen and oxygen atoms in total. The second-order valence-electron chi connectivity index (χ2n) is 18.4. The van der Waals surface area contributed by atoms with Crippen LogP contribution >= 0.6 is 0 Å². The lowest BCUT2D eigenvalue weighted by Crippen LogP contribution is -2.64. The summed E-state index contributed by atoms with van der Waals surface area (Å²) in [4.78, 5) is 44.2. The van der Waals surface area contributed by atoms with Gasteiger partial charge in [0.25, 0.3) is 11.7 Å². The molecule has 60 heavy (non-hydrogen) atoms. The number of allylic oxidation sites excluding steroid dienone is 5. The number of carbonyl (C=O) groups excluding carboxylic acids is 3. The minimum absolute atomic E-state index is 0.00657. The molecule has 0 aromatic carbocycles. The number of cyclic esters (lactones) is 1. The smallest absolute Gasteiger partial charge is 0.329 e. The van der Waals surface area contributed by atoms with Gasteiger partial charge in [-0.1, -0.05) is 55.3 Å². The van der Waals surface area contributed by atoms with Gasteiger partial charge in [-0.3, -0.25) is 9.59 Å². The molecular formula is C46H74N2O12. The van der Waals surface area contributed by atoms with E-state index in [-0.39, 0.29) is 49.7 Å². The first-order valence-corrected chi connectivity index (χ1v) is 22.0. The fourth-order valence-corrected chi connectivity index (χ4v) is 9.74. The van der Waals surface area contributed by atoms with E-state index < -0.39 is 77.9 Å². The molecule has 1 saturated carbocycles. The van der Waals surface area contributed by atoms with Crippen molar-refractivity contribution in [2.45, 2.75) is 174 Å². The van der Waals surface area contributed by atoms with Crippen molar-refractivity contribution in [2.24, 2.45) is 34.7 Å². The van der Waals surface area contributed by atoms with Crippen LogP contribution in [0, 0.1) is 29.6 Å². The average Bonchev–Trinajstić information content (AvgIpc) is 3.22. The number of ether oxygens (including phenoxy) is 5. The number of oxime groups is 1. The number of aliphatic hydroxyl groups excluding tert-OH is 2. The summed E-state index contributed by atoms with van der Waals surface area (Å²) in [5.41, 5.74) is 3.16. The van der Waals surface area contributed by atoms with Crippen LogP contribution in [-0.2, 0) is 38.1 Å². The topological polar surface area (TPSA) is 194 Å². The van der Waals surface area contributed by atoms with E-state index in [1.54, 1.807) is 21.0 Å². The Labute approximate surface area is 357 Å². The molecule has 0 radical (unpaired) electrons. The van der Waals surface area contributed by atoms with Crippen molar-refractivity contribution in [2.75, 3.05) is 27.9 Å². The Hall–Kier alpha value is -2.98. The van der Waals surface area contributed by atoms with Gasteiger partial charge in [0.15, 0.2) is 0 Å². The van der Waals surface area contributed by atoms with Gasteiger partial charge in [-0.25, -0.2) is 4.79 Å². The van der Waals surface area contributed by atoms with E-state index in [2.05, 4.69) is 24.2 Å². The third-order valence-electron chi connectivity index (χ3n) is 13.4. The standard InChI is InChI=1S/C46H74N2O12/c1-26(2)14-16-33-20-27(3)19-28(4)21-39(57-9)42-40(58-10)23-30(6)46(54,60-42)43(51)44(52)48-18-12-11-13-35(48)45(53)59-41(31(7)37(50)25-34(33)47-55)29(5)22-32-15-17-36(49)38(24-32)56-8/h14,20,22,28,30-33,35-42,49-50,54-55H,11-13,15-19,21,23-25H2,1-10H3/b27-20+,29-22+,47-34-/t28-,30+,31+,32-,33+,35-,36+,37-,38+,39-,40-,41+,42+,46+/m0/s1. The summed E-state index contributed by atoms with van der Waals surface area (Å²) in [5, 5.41) is 48.8. The number of fused-ring (bicyclic) bond motifs is 3. The van der Waals surface area contributed by atoms with E-state index >= 15 is 0 Å².